The molecule has 0 aromatic heterocycles. The molecule has 2 unspecified atom stereocenters. The summed E-state index contributed by atoms with van der Waals surface area (Å²) < 4.78 is 19.2. The predicted octanol–water partition coefficient (Wildman–Crippen LogP) is 4.35. The van der Waals surface area contributed by atoms with Crippen molar-refractivity contribution in [3.63, 3.8) is 0 Å². The van der Waals surface area contributed by atoms with E-state index in [2.05, 4.69) is 12.2 Å². The lowest BCUT2D eigenvalue weighted by Gasteiger charge is -2.26. The monoisotopic (exact) mass is 305 g/mol. The second-order valence-electron chi connectivity index (χ2n) is 5.29. The number of nitrogens with one attached hydrogen (secondary N) is 1. The molecule has 2 nitrogen and oxygen atoms in total. The van der Waals surface area contributed by atoms with Crippen LogP contribution in [0.25, 0.3) is 0 Å². The van der Waals surface area contributed by atoms with Gasteiger partial charge in [-0.1, -0.05) is 23.2 Å². The fraction of sp³-hybridized carbons (Fsp3) is 0.571. The summed E-state index contributed by atoms with van der Waals surface area (Å²) in [6, 6.07) is 2.78. The maximum atomic E-state index is 13.5. The zero-order valence-corrected chi connectivity index (χ0v) is 12.6. The Morgan fingerprint density at radius 1 is 1.42 bits per heavy atom. The Bertz CT molecular complexity index is 461. The molecule has 1 aliphatic rings. The molecule has 1 heterocycles. The number of hydrogen-bond donors (Lipinski definition) is 1. The molecule has 0 amide bonds. The van der Waals surface area contributed by atoms with E-state index in [1.165, 1.54) is 12.1 Å². The lowest BCUT2D eigenvalue weighted by Crippen LogP contribution is -2.38. The first-order valence-corrected chi connectivity index (χ1v) is 7.19. The summed E-state index contributed by atoms with van der Waals surface area (Å²) in [5.41, 5.74) is 0.580. The van der Waals surface area contributed by atoms with Gasteiger partial charge in [-0.3, -0.25) is 0 Å². The van der Waals surface area contributed by atoms with Crippen LogP contribution < -0.4 is 5.32 Å². The van der Waals surface area contributed by atoms with Gasteiger partial charge in [0.2, 0.25) is 0 Å². The summed E-state index contributed by atoms with van der Waals surface area (Å²) in [5, 5.41) is 3.87. The van der Waals surface area contributed by atoms with Crippen molar-refractivity contribution < 1.29 is 9.13 Å². The molecule has 1 aromatic carbocycles. The molecule has 1 fully saturated rings. The van der Waals surface area contributed by atoms with Gasteiger partial charge < -0.3 is 10.1 Å². The molecule has 1 saturated heterocycles. The second kappa shape index (κ2) is 5.96. The highest BCUT2D eigenvalue weighted by molar-refractivity contribution is 6.35. The van der Waals surface area contributed by atoms with Gasteiger partial charge in [0, 0.05) is 24.2 Å². The average Bonchev–Trinajstić information content (AvgIpc) is 2.78. The van der Waals surface area contributed by atoms with Crippen LogP contribution in [0.2, 0.25) is 10.0 Å². The maximum absolute atomic E-state index is 13.5. The molecule has 0 aliphatic carbocycles. The Kier molecular flexibility index (Phi) is 4.72. The average molecular weight is 306 g/mol. The summed E-state index contributed by atoms with van der Waals surface area (Å²) in [4.78, 5) is 0. The fourth-order valence-electron chi connectivity index (χ4n) is 2.32. The zero-order valence-electron chi connectivity index (χ0n) is 11.1. The molecular formula is C14H18Cl2FNO. The first-order valence-electron chi connectivity index (χ1n) is 6.43. The summed E-state index contributed by atoms with van der Waals surface area (Å²) in [6.07, 6.45) is 2.12. The van der Waals surface area contributed by atoms with E-state index >= 15 is 0 Å². The van der Waals surface area contributed by atoms with Crippen molar-refractivity contribution in [2.75, 3.05) is 13.2 Å². The van der Waals surface area contributed by atoms with Crippen LogP contribution in [0.5, 0.6) is 0 Å². The largest absolute Gasteiger partial charge is 0.374 e. The topological polar surface area (TPSA) is 21.3 Å². The fourth-order valence-corrected chi connectivity index (χ4v) is 2.87. The van der Waals surface area contributed by atoms with E-state index in [9.17, 15) is 4.39 Å². The van der Waals surface area contributed by atoms with Crippen LogP contribution in [0, 0.1) is 5.82 Å². The quantitative estimate of drug-likeness (QED) is 0.835. The third kappa shape index (κ3) is 3.60. The van der Waals surface area contributed by atoms with Gasteiger partial charge in [-0.15, -0.1) is 0 Å². The second-order valence-corrected chi connectivity index (χ2v) is 6.11. The Hall–Kier alpha value is -0.350. The molecule has 2 rings (SSSR count). The number of ether oxygens (including phenoxy) is 1. The van der Waals surface area contributed by atoms with Crippen LogP contribution in [-0.2, 0) is 4.74 Å². The van der Waals surface area contributed by atoms with Gasteiger partial charge in [0.25, 0.3) is 0 Å². The molecule has 0 radical (unpaired) electrons. The highest BCUT2D eigenvalue weighted by Gasteiger charge is 2.30. The van der Waals surface area contributed by atoms with Crippen LogP contribution in [0.15, 0.2) is 12.1 Å². The summed E-state index contributed by atoms with van der Waals surface area (Å²) in [5.74, 6) is -0.446. The molecule has 19 heavy (non-hydrogen) atoms. The van der Waals surface area contributed by atoms with Crippen molar-refractivity contribution in [1.29, 1.82) is 0 Å². The van der Waals surface area contributed by atoms with Crippen molar-refractivity contribution in [1.82, 2.24) is 5.32 Å². The molecule has 1 aliphatic heterocycles. The summed E-state index contributed by atoms with van der Waals surface area (Å²) >= 11 is 11.8. The van der Waals surface area contributed by atoms with E-state index in [0.717, 1.165) is 26.0 Å². The normalized spacial score (nSPS) is 24.7. The Morgan fingerprint density at radius 2 is 2.16 bits per heavy atom. The SMILES string of the molecule is CC(NCC1(C)CCCO1)c1cc(F)c(Cl)cc1Cl. The molecule has 1 N–H and O–H groups in total. The van der Waals surface area contributed by atoms with Gasteiger partial charge in [0.15, 0.2) is 0 Å². The minimum atomic E-state index is -0.446. The van der Waals surface area contributed by atoms with Crippen LogP contribution >= 0.6 is 23.2 Å². The molecular weight excluding hydrogens is 288 g/mol. The first-order chi connectivity index (χ1) is 8.91. The number of benzene rings is 1. The van der Waals surface area contributed by atoms with Crippen molar-refractivity contribution in [3.8, 4) is 0 Å². The lowest BCUT2D eigenvalue weighted by molar-refractivity contribution is 0.0191. The molecule has 2 atom stereocenters. The summed E-state index contributed by atoms with van der Waals surface area (Å²) in [7, 11) is 0. The number of halogens is 3. The molecule has 106 valence electrons. The van der Waals surface area contributed by atoms with E-state index in [4.69, 9.17) is 27.9 Å². The smallest absolute Gasteiger partial charge is 0.142 e. The van der Waals surface area contributed by atoms with Gasteiger partial charge in [-0.05, 0) is 44.4 Å². The van der Waals surface area contributed by atoms with E-state index in [1.54, 1.807) is 0 Å². The predicted molar refractivity (Wildman–Crippen MR) is 76.4 cm³/mol. The Morgan fingerprint density at radius 3 is 2.79 bits per heavy atom. The minimum absolute atomic E-state index is 0.0482. The van der Waals surface area contributed by atoms with Crippen LogP contribution in [-0.4, -0.2) is 18.8 Å². The van der Waals surface area contributed by atoms with E-state index < -0.39 is 5.82 Å². The van der Waals surface area contributed by atoms with Gasteiger partial charge in [-0.25, -0.2) is 4.39 Å². The Balaban J connectivity index is 2.03. The third-order valence-corrected chi connectivity index (χ3v) is 4.21. The zero-order chi connectivity index (χ0) is 14.0. The van der Waals surface area contributed by atoms with Crippen LogP contribution in [0.4, 0.5) is 4.39 Å². The maximum Gasteiger partial charge on any atom is 0.142 e. The highest BCUT2D eigenvalue weighted by Crippen LogP contribution is 2.30. The third-order valence-electron chi connectivity index (χ3n) is 3.59. The standard InChI is InChI=1S/C14H18Cl2FNO/c1-9(18-8-14(2)4-3-5-19-14)10-6-13(17)12(16)7-11(10)15/h6-7,9,18H,3-5,8H2,1-2H3. The molecule has 0 spiro atoms. The summed E-state index contributed by atoms with van der Waals surface area (Å²) in [6.45, 7) is 5.56. The van der Waals surface area contributed by atoms with Crippen molar-refractivity contribution in [2.45, 2.75) is 38.3 Å². The molecule has 0 bridgehead atoms. The van der Waals surface area contributed by atoms with Gasteiger partial charge in [0.1, 0.15) is 5.82 Å². The number of hydrogen-bond acceptors (Lipinski definition) is 2. The molecule has 5 heteroatoms. The van der Waals surface area contributed by atoms with Crippen LogP contribution in [0.3, 0.4) is 0 Å². The van der Waals surface area contributed by atoms with E-state index in [1.807, 2.05) is 6.92 Å². The minimum Gasteiger partial charge on any atom is -0.374 e. The van der Waals surface area contributed by atoms with Crippen molar-refractivity contribution >= 4 is 23.2 Å². The number of rotatable bonds is 4. The highest BCUT2D eigenvalue weighted by atomic mass is 35.5. The molecule has 1 aromatic rings. The van der Waals surface area contributed by atoms with Gasteiger partial charge >= 0.3 is 0 Å². The van der Waals surface area contributed by atoms with E-state index in [-0.39, 0.29) is 16.7 Å². The van der Waals surface area contributed by atoms with E-state index in [0.29, 0.717) is 10.6 Å². The van der Waals surface area contributed by atoms with Gasteiger partial charge in [-0.2, -0.15) is 0 Å². The first kappa shape index (κ1) is 15.0. The van der Waals surface area contributed by atoms with Crippen molar-refractivity contribution in [2.24, 2.45) is 0 Å². The Labute approximate surface area is 123 Å². The lowest BCUT2D eigenvalue weighted by atomic mass is 10.0. The van der Waals surface area contributed by atoms with Gasteiger partial charge in [0.05, 0.1) is 10.6 Å². The van der Waals surface area contributed by atoms with Crippen molar-refractivity contribution in [3.05, 3.63) is 33.6 Å². The molecule has 0 saturated carbocycles. The van der Waals surface area contributed by atoms with Crippen LogP contribution in [0.1, 0.15) is 38.3 Å².